The summed E-state index contributed by atoms with van der Waals surface area (Å²) in [5.74, 6) is -0.831. The SMILES string of the molecule is COc1ccc([N+](=O)[O-])cc1NC(=O)COC(=O)CSc1ccc(C)cc1C. The molecule has 2 aromatic rings. The van der Waals surface area contributed by atoms with Gasteiger partial charge in [-0.05, 0) is 31.5 Å². The van der Waals surface area contributed by atoms with E-state index in [4.69, 9.17) is 9.47 Å². The largest absolute Gasteiger partial charge is 0.495 e. The number of nitro groups is 1. The first-order chi connectivity index (χ1) is 13.3. The fourth-order valence-electron chi connectivity index (χ4n) is 2.38. The zero-order valence-electron chi connectivity index (χ0n) is 15.7. The standard InChI is InChI=1S/C19H20N2O6S/c1-12-4-7-17(13(2)8-12)28-11-19(23)27-10-18(22)20-15-9-14(21(24)25)5-6-16(15)26-3/h4-9H,10-11H2,1-3H3,(H,20,22). The van der Waals surface area contributed by atoms with Crippen molar-refractivity contribution in [3.63, 3.8) is 0 Å². The quantitative estimate of drug-likeness (QED) is 0.310. The van der Waals surface area contributed by atoms with E-state index < -0.39 is 23.4 Å². The van der Waals surface area contributed by atoms with Gasteiger partial charge in [-0.1, -0.05) is 17.7 Å². The lowest BCUT2D eigenvalue weighted by Crippen LogP contribution is -2.22. The number of hydrogen-bond acceptors (Lipinski definition) is 7. The molecular formula is C19H20N2O6S. The van der Waals surface area contributed by atoms with E-state index in [-0.39, 0.29) is 22.9 Å². The lowest BCUT2D eigenvalue weighted by atomic mass is 10.2. The van der Waals surface area contributed by atoms with Crippen LogP contribution in [0.5, 0.6) is 5.75 Å². The predicted molar refractivity (Wildman–Crippen MR) is 106 cm³/mol. The van der Waals surface area contributed by atoms with Gasteiger partial charge in [0.25, 0.3) is 11.6 Å². The van der Waals surface area contributed by atoms with Crippen molar-refractivity contribution < 1.29 is 24.0 Å². The topological polar surface area (TPSA) is 108 Å². The molecule has 0 aliphatic carbocycles. The normalized spacial score (nSPS) is 10.2. The third-order valence-electron chi connectivity index (χ3n) is 3.71. The minimum Gasteiger partial charge on any atom is -0.495 e. The van der Waals surface area contributed by atoms with Crippen LogP contribution >= 0.6 is 11.8 Å². The van der Waals surface area contributed by atoms with Crippen molar-refractivity contribution in [2.45, 2.75) is 18.7 Å². The number of carbonyl (C=O) groups is 2. The number of rotatable bonds is 8. The fraction of sp³-hybridized carbons (Fsp3) is 0.263. The number of amides is 1. The third kappa shape index (κ3) is 5.98. The summed E-state index contributed by atoms with van der Waals surface area (Å²) in [6.07, 6.45) is 0. The van der Waals surface area contributed by atoms with Crippen molar-refractivity contribution in [1.29, 1.82) is 0 Å². The highest BCUT2D eigenvalue weighted by Crippen LogP contribution is 2.28. The smallest absolute Gasteiger partial charge is 0.316 e. The molecule has 0 aromatic heterocycles. The highest BCUT2D eigenvalue weighted by molar-refractivity contribution is 8.00. The molecule has 2 rings (SSSR count). The number of ether oxygens (including phenoxy) is 2. The maximum atomic E-state index is 12.0. The molecule has 0 aliphatic rings. The van der Waals surface area contributed by atoms with Crippen molar-refractivity contribution >= 4 is 35.0 Å². The second-order valence-corrected chi connectivity index (χ2v) is 6.93. The Morgan fingerprint density at radius 1 is 1.18 bits per heavy atom. The first-order valence-electron chi connectivity index (χ1n) is 8.28. The number of benzene rings is 2. The van der Waals surface area contributed by atoms with Crippen molar-refractivity contribution in [3.05, 3.63) is 57.6 Å². The molecule has 8 nitrogen and oxygen atoms in total. The van der Waals surface area contributed by atoms with Crippen molar-refractivity contribution in [3.8, 4) is 5.75 Å². The van der Waals surface area contributed by atoms with E-state index in [0.29, 0.717) is 0 Å². The summed E-state index contributed by atoms with van der Waals surface area (Å²) in [6.45, 7) is 3.45. The Bertz CT molecular complexity index is 900. The van der Waals surface area contributed by atoms with Crippen molar-refractivity contribution in [2.75, 3.05) is 24.8 Å². The number of methoxy groups -OCH3 is 1. The summed E-state index contributed by atoms with van der Waals surface area (Å²) < 4.78 is 10.0. The van der Waals surface area contributed by atoms with Crippen molar-refractivity contribution in [2.24, 2.45) is 0 Å². The first-order valence-corrected chi connectivity index (χ1v) is 9.26. The Hall–Kier alpha value is -3.07. The molecular weight excluding hydrogens is 384 g/mol. The number of hydrogen-bond donors (Lipinski definition) is 1. The molecule has 0 radical (unpaired) electrons. The van der Waals surface area contributed by atoms with Gasteiger partial charge in [0.05, 0.1) is 23.5 Å². The summed E-state index contributed by atoms with van der Waals surface area (Å²) in [7, 11) is 1.38. The summed E-state index contributed by atoms with van der Waals surface area (Å²) in [5, 5.41) is 13.3. The number of anilines is 1. The number of non-ortho nitro benzene ring substituents is 1. The van der Waals surface area contributed by atoms with Gasteiger partial charge in [-0.15, -0.1) is 11.8 Å². The van der Waals surface area contributed by atoms with Gasteiger partial charge in [-0.25, -0.2) is 0 Å². The number of esters is 1. The fourth-order valence-corrected chi connectivity index (χ4v) is 3.19. The Kier molecular flexibility index (Phi) is 7.39. The first kappa shape index (κ1) is 21.2. The van der Waals surface area contributed by atoms with E-state index in [9.17, 15) is 19.7 Å². The minimum absolute atomic E-state index is 0.0668. The average Bonchev–Trinajstić information content (AvgIpc) is 2.65. The summed E-state index contributed by atoms with van der Waals surface area (Å²) in [4.78, 5) is 35.1. The van der Waals surface area contributed by atoms with Crippen LogP contribution in [0.4, 0.5) is 11.4 Å². The van der Waals surface area contributed by atoms with E-state index in [1.807, 2.05) is 32.0 Å². The molecule has 0 heterocycles. The third-order valence-corrected chi connectivity index (χ3v) is 4.86. The van der Waals surface area contributed by atoms with Crippen molar-refractivity contribution in [1.82, 2.24) is 0 Å². The molecule has 148 valence electrons. The van der Waals surface area contributed by atoms with Gasteiger partial charge in [0, 0.05) is 17.0 Å². The monoisotopic (exact) mass is 404 g/mol. The van der Waals surface area contributed by atoms with Crippen LogP contribution in [0.3, 0.4) is 0 Å². The molecule has 28 heavy (non-hydrogen) atoms. The highest BCUT2D eigenvalue weighted by Gasteiger charge is 2.15. The van der Waals surface area contributed by atoms with Crippen LogP contribution < -0.4 is 10.1 Å². The summed E-state index contributed by atoms with van der Waals surface area (Å²) in [6, 6.07) is 9.73. The molecule has 0 saturated carbocycles. The molecule has 0 aliphatic heterocycles. The lowest BCUT2D eigenvalue weighted by molar-refractivity contribution is -0.384. The number of aryl methyl sites for hydroxylation is 2. The Balaban J connectivity index is 1.87. The number of nitrogens with zero attached hydrogens (tertiary/aromatic N) is 1. The maximum Gasteiger partial charge on any atom is 0.316 e. The molecule has 0 bridgehead atoms. The van der Waals surface area contributed by atoms with E-state index in [1.165, 1.54) is 37.1 Å². The highest BCUT2D eigenvalue weighted by atomic mass is 32.2. The average molecular weight is 404 g/mol. The number of nitrogens with one attached hydrogen (secondary N) is 1. The molecule has 2 aromatic carbocycles. The van der Waals surface area contributed by atoms with E-state index in [2.05, 4.69) is 5.32 Å². The van der Waals surface area contributed by atoms with Crippen LogP contribution in [-0.4, -0.2) is 36.3 Å². The van der Waals surface area contributed by atoms with E-state index in [1.54, 1.807) is 0 Å². The molecule has 1 amide bonds. The Morgan fingerprint density at radius 3 is 2.57 bits per heavy atom. The van der Waals surface area contributed by atoms with Gasteiger partial charge >= 0.3 is 5.97 Å². The Morgan fingerprint density at radius 2 is 1.93 bits per heavy atom. The minimum atomic E-state index is -0.622. The predicted octanol–water partition coefficient (Wildman–Crippen LogP) is 3.49. The summed E-state index contributed by atoms with van der Waals surface area (Å²) >= 11 is 1.33. The Labute approximate surface area is 166 Å². The number of nitro benzene ring substituents is 1. The van der Waals surface area contributed by atoms with Gasteiger partial charge in [-0.2, -0.15) is 0 Å². The van der Waals surface area contributed by atoms with E-state index in [0.717, 1.165) is 16.0 Å². The molecule has 0 spiro atoms. The van der Waals surface area contributed by atoms with Crippen LogP contribution in [0, 0.1) is 24.0 Å². The molecule has 9 heteroatoms. The van der Waals surface area contributed by atoms with Gasteiger partial charge in [-0.3, -0.25) is 19.7 Å². The summed E-state index contributed by atoms with van der Waals surface area (Å²) in [5.41, 5.74) is 2.13. The van der Waals surface area contributed by atoms with Crippen LogP contribution in [0.2, 0.25) is 0 Å². The molecule has 0 fully saturated rings. The zero-order valence-corrected chi connectivity index (χ0v) is 16.5. The van der Waals surface area contributed by atoms with Crippen LogP contribution in [-0.2, 0) is 14.3 Å². The second-order valence-electron chi connectivity index (χ2n) is 5.91. The van der Waals surface area contributed by atoms with Crippen LogP contribution in [0.25, 0.3) is 0 Å². The van der Waals surface area contributed by atoms with Gasteiger partial charge in [0.1, 0.15) is 5.75 Å². The maximum absolute atomic E-state index is 12.0. The molecule has 0 saturated heterocycles. The second kappa shape index (κ2) is 9.75. The van der Waals surface area contributed by atoms with Gasteiger partial charge in [0.15, 0.2) is 6.61 Å². The van der Waals surface area contributed by atoms with Gasteiger partial charge < -0.3 is 14.8 Å². The van der Waals surface area contributed by atoms with E-state index >= 15 is 0 Å². The van der Waals surface area contributed by atoms with Crippen LogP contribution in [0.1, 0.15) is 11.1 Å². The molecule has 0 atom stereocenters. The molecule has 1 N–H and O–H groups in total. The van der Waals surface area contributed by atoms with Crippen LogP contribution in [0.15, 0.2) is 41.3 Å². The number of carbonyl (C=O) groups excluding carboxylic acids is 2. The molecule has 0 unspecified atom stereocenters. The van der Waals surface area contributed by atoms with Gasteiger partial charge in [0.2, 0.25) is 0 Å². The lowest BCUT2D eigenvalue weighted by Gasteiger charge is -2.10. The zero-order chi connectivity index (χ0) is 20.7. The number of thioether (sulfide) groups is 1.